The zero-order valence-corrected chi connectivity index (χ0v) is 16.8. The molecule has 1 aliphatic rings. The molecule has 1 aromatic rings. The molecule has 1 aliphatic carbocycles. The van der Waals surface area contributed by atoms with Gasteiger partial charge in [-0.25, -0.2) is 4.39 Å². The van der Waals surface area contributed by atoms with Gasteiger partial charge >= 0.3 is 0 Å². The van der Waals surface area contributed by atoms with Gasteiger partial charge in [-0.1, -0.05) is 44.7 Å². The van der Waals surface area contributed by atoms with E-state index in [0.717, 1.165) is 45.3 Å². The Hall–Kier alpha value is -1.86. The molecule has 2 atom stereocenters. The Kier molecular flexibility index (Phi) is 8.81. The Bertz CT molecular complexity index is 658. The van der Waals surface area contributed by atoms with Crippen molar-refractivity contribution in [3.05, 3.63) is 35.6 Å². The van der Waals surface area contributed by atoms with Gasteiger partial charge in [-0.05, 0) is 50.2 Å². The molecule has 148 valence electrons. The van der Waals surface area contributed by atoms with Gasteiger partial charge in [0, 0.05) is 25.0 Å². The van der Waals surface area contributed by atoms with Gasteiger partial charge in [-0.2, -0.15) is 0 Å². The summed E-state index contributed by atoms with van der Waals surface area (Å²) in [7, 11) is 0. The van der Waals surface area contributed by atoms with Crippen molar-refractivity contribution in [3.8, 4) is 11.8 Å². The highest BCUT2D eigenvalue weighted by atomic mass is 19.1. The minimum Gasteiger partial charge on any atom is -0.378 e. The maximum atomic E-state index is 13.6. The summed E-state index contributed by atoms with van der Waals surface area (Å²) in [5.74, 6) is 6.46. The smallest absolute Gasteiger partial charge is 0.222 e. The molecule has 0 heterocycles. The lowest BCUT2D eigenvalue weighted by molar-refractivity contribution is -0.125. The first-order valence-corrected chi connectivity index (χ1v) is 10.1. The molecule has 0 radical (unpaired) electrons. The van der Waals surface area contributed by atoms with Crippen LogP contribution in [0.25, 0.3) is 0 Å². The summed E-state index contributed by atoms with van der Waals surface area (Å²) in [5.41, 5.74) is 0.428. The molecule has 1 fully saturated rings. The SMILES string of the molecule is CCCO[C@H]1C[C@@H](CNC(=O)C(C)CCC(C)C#Cc2ccccc2F)C1. The van der Waals surface area contributed by atoms with Crippen molar-refractivity contribution in [1.82, 2.24) is 5.32 Å². The Labute approximate surface area is 163 Å². The number of hydrogen-bond acceptors (Lipinski definition) is 2. The van der Waals surface area contributed by atoms with E-state index in [1.54, 1.807) is 18.2 Å². The van der Waals surface area contributed by atoms with Crippen molar-refractivity contribution in [3.63, 3.8) is 0 Å². The highest BCUT2D eigenvalue weighted by Gasteiger charge is 2.30. The molecule has 2 unspecified atom stereocenters. The third kappa shape index (κ3) is 7.34. The summed E-state index contributed by atoms with van der Waals surface area (Å²) >= 11 is 0. The molecule has 0 saturated heterocycles. The number of benzene rings is 1. The Morgan fingerprint density at radius 1 is 1.30 bits per heavy atom. The Morgan fingerprint density at radius 2 is 2.04 bits per heavy atom. The van der Waals surface area contributed by atoms with E-state index in [4.69, 9.17) is 4.74 Å². The van der Waals surface area contributed by atoms with E-state index in [0.29, 0.717) is 17.6 Å². The fraction of sp³-hybridized carbons (Fsp3) is 0.609. The number of carbonyl (C=O) groups is 1. The standard InChI is InChI=1S/C23H32FNO2/c1-4-13-27-21-14-19(15-21)16-25-23(26)18(3)11-9-17(2)10-12-20-7-5-6-8-22(20)24/h5-8,17-19,21H,4,9,11,13-16H2,1-3H3,(H,25,26)/t17?,18?,19-,21+. The fourth-order valence-corrected chi connectivity index (χ4v) is 3.15. The maximum Gasteiger partial charge on any atom is 0.222 e. The number of nitrogens with one attached hydrogen (secondary N) is 1. The van der Waals surface area contributed by atoms with Crippen LogP contribution in [-0.2, 0) is 9.53 Å². The molecule has 27 heavy (non-hydrogen) atoms. The largest absolute Gasteiger partial charge is 0.378 e. The second-order valence-electron chi connectivity index (χ2n) is 7.70. The first-order chi connectivity index (χ1) is 13.0. The van der Waals surface area contributed by atoms with Crippen molar-refractivity contribution < 1.29 is 13.9 Å². The van der Waals surface area contributed by atoms with Gasteiger partial charge in [0.15, 0.2) is 0 Å². The van der Waals surface area contributed by atoms with E-state index >= 15 is 0 Å². The van der Waals surface area contributed by atoms with Gasteiger partial charge < -0.3 is 10.1 Å². The topological polar surface area (TPSA) is 38.3 Å². The van der Waals surface area contributed by atoms with Gasteiger partial charge in [-0.3, -0.25) is 4.79 Å². The van der Waals surface area contributed by atoms with Gasteiger partial charge in [0.1, 0.15) is 5.82 Å². The van der Waals surface area contributed by atoms with Gasteiger partial charge in [-0.15, -0.1) is 0 Å². The molecular formula is C23H32FNO2. The van der Waals surface area contributed by atoms with Crippen molar-refractivity contribution in [2.24, 2.45) is 17.8 Å². The summed E-state index contributed by atoms with van der Waals surface area (Å²) in [5, 5.41) is 3.07. The van der Waals surface area contributed by atoms with E-state index in [2.05, 4.69) is 24.1 Å². The van der Waals surface area contributed by atoms with E-state index in [9.17, 15) is 9.18 Å². The lowest BCUT2D eigenvalue weighted by atomic mass is 9.82. The third-order valence-corrected chi connectivity index (χ3v) is 5.12. The number of ether oxygens (including phenoxy) is 1. The lowest BCUT2D eigenvalue weighted by Gasteiger charge is -2.35. The zero-order chi connectivity index (χ0) is 19.6. The summed E-state index contributed by atoms with van der Waals surface area (Å²) in [4.78, 5) is 12.2. The van der Waals surface area contributed by atoms with Crippen LogP contribution in [-0.4, -0.2) is 25.2 Å². The van der Waals surface area contributed by atoms with Crippen molar-refractivity contribution >= 4 is 5.91 Å². The highest BCUT2D eigenvalue weighted by molar-refractivity contribution is 5.78. The molecule has 0 spiro atoms. The molecule has 0 bridgehead atoms. The Balaban J connectivity index is 1.63. The van der Waals surface area contributed by atoms with Crippen LogP contribution in [0.4, 0.5) is 4.39 Å². The quantitative estimate of drug-likeness (QED) is 0.645. The van der Waals surface area contributed by atoms with Crippen molar-refractivity contribution in [1.29, 1.82) is 0 Å². The van der Waals surface area contributed by atoms with Gasteiger partial charge in [0.05, 0.1) is 11.7 Å². The molecule has 1 saturated carbocycles. The molecule has 0 aromatic heterocycles. The fourth-order valence-electron chi connectivity index (χ4n) is 3.15. The van der Waals surface area contributed by atoms with Gasteiger partial charge in [0.25, 0.3) is 0 Å². The summed E-state index contributed by atoms with van der Waals surface area (Å²) in [6.07, 6.45) is 5.16. The summed E-state index contributed by atoms with van der Waals surface area (Å²) < 4.78 is 19.3. The van der Waals surface area contributed by atoms with E-state index in [-0.39, 0.29) is 23.6 Å². The second kappa shape index (κ2) is 11.1. The first-order valence-electron chi connectivity index (χ1n) is 10.1. The normalized spacial score (nSPS) is 20.7. The van der Waals surface area contributed by atoms with Crippen LogP contribution in [0.3, 0.4) is 0 Å². The minimum absolute atomic E-state index is 0.0325. The minimum atomic E-state index is -0.289. The molecule has 2 rings (SSSR count). The summed E-state index contributed by atoms with van der Waals surface area (Å²) in [6.45, 7) is 7.67. The molecule has 1 aromatic carbocycles. The van der Waals surface area contributed by atoms with Crippen LogP contribution < -0.4 is 5.32 Å². The summed E-state index contributed by atoms with van der Waals surface area (Å²) in [6, 6.07) is 6.54. The van der Waals surface area contributed by atoms with Crippen molar-refractivity contribution in [2.75, 3.05) is 13.2 Å². The number of halogens is 1. The number of amides is 1. The maximum absolute atomic E-state index is 13.6. The zero-order valence-electron chi connectivity index (χ0n) is 16.8. The van der Waals surface area contributed by atoms with E-state index in [1.807, 2.05) is 13.8 Å². The van der Waals surface area contributed by atoms with Gasteiger partial charge in [0.2, 0.25) is 5.91 Å². The highest BCUT2D eigenvalue weighted by Crippen LogP contribution is 2.29. The van der Waals surface area contributed by atoms with Crippen LogP contribution >= 0.6 is 0 Å². The molecule has 1 N–H and O–H groups in total. The molecule has 0 aliphatic heterocycles. The van der Waals surface area contributed by atoms with Crippen LogP contribution in [0.2, 0.25) is 0 Å². The number of rotatable bonds is 9. The predicted molar refractivity (Wildman–Crippen MR) is 107 cm³/mol. The van der Waals surface area contributed by atoms with Crippen LogP contribution in [0.15, 0.2) is 24.3 Å². The molecular weight excluding hydrogens is 341 g/mol. The average molecular weight is 374 g/mol. The van der Waals surface area contributed by atoms with Crippen LogP contribution in [0.1, 0.15) is 58.4 Å². The molecule has 4 heteroatoms. The lowest BCUT2D eigenvalue weighted by Crippen LogP contribution is -2.41. The predicted octanol–water partition coefficient (Wildman–Crippen LogP) is 4.55. The van der Waals surface area contributed by atoms with Crippen LogP contribution in [0, 0.1) is 35.4 Å². The average Bonchev–Trinajstić information content (AvgIpc) is 2.63. The molecule has 1 amide bonds. The molecule has 3 nitrogen and oxygen atoms in total. The monoisotopic (exact) mass is 373 g/mol. The van der Waals surface area contributed by atoms with Crippen molar-refractivity contribution in [2.45, 2.75) is 59.0 Å². The van der Waals surface area contributed by atoms with E-state index in [1.165, 1.54) is 6.07 Å². The number of carbonyl (C=O) groups excluding carboxylic acids is 1. The van der Waals surface area contributed by atoms with Crippen LogP contribution in [0.5, 0.6) is 0 Å². The van der Waals surface area contributed by atoms with E-state index < -0.39 is 0 Å². The third-order valence-electron chi connectivity index (χ3n) is 5.12. The number of hydrogen-bond donors (Lipinski definition) is 1. The second-order valence-corrected chi connectivity index (χ2v) is 7.70. The Morgan fingerprint density at radius 3 is 2.74 bits per heavy atom. The first kappa shape index (κ1) is 21.4.